The topological polar surface area (TPSA) is 0 Å². The van der Waals surface area contributed by atoms with E-state index in [1.807, 2.05) is 0 Å². The molecule has 0 saturated carbocycles. The molecule has 0 aliphatic heterocycles. The number of benzene rings is 1. The monoisotopic (exact) mass is 270 g/mol. The van der Waals surface area contributed by atoms with E-state index in [0.717, 1.165) is 12.1 Å². The lowest BCUT2D eigenvalue weighted by atomic mass is 9.80. The van der Waals surface area contributed by atoms with Gasteiger partial charge in [-0.2, -0.15) is 26.3 Å². The van der Waals surface area contributed by atoms with Crippen LogP contribution in [0.2, 0.25) is 0 Å². The Morgan fingerprint density at radius 2 is 1.22 bits per heavy atom. The van der Waals surface area contributed by atoms with Gasteiger partial charge in [-0.3, -0.25) is 0 Å². The highest BCUT2D eigenvalue weighted by Crippen LogP contribution is 2.51. The lowest BCUT2D eigenvalue weighted by Gasteiger charge is -2.34. The SMILES string of the molecule is Cc1ccc(C(C)(C(F)(F)F)C(F)(F)F)cc1C. The molecule has 6 heteroatoms. The van der Waals surface area contributed by atoms with Crippen molar-refractivity contribution < 1.29 is 26.3 Å². The van der Waals surface area contributed by atoms with Gasteiger partial charge in [0.2, 0.25) is 0 Å². The molecule has 0 aliphatic rings. The standard InChI is InChI=1S/C12H12F6/c1-7-4-5-9(6-8(7)2)10(3,11(13,14)15)12(16,17)18/h4-6H,1-3H3. The van der Waals surface area contributed by atoms with Crippen LogP contribution >= 0.6 is 0 Å². The Kier molecular flexibility index (Phi) is 3.44. The first kappa shape index (κ1) is 14.9. The largest absolute Gasteiger partial charge is 0.406 e. The minimum atomic E-state index is -5.40. The highest BCUT2D eigenvalue weighted by Gasteiger charge is 2.68. The van der Waals surface area contributed by atoms with Crippen LogP contribution in [0.4, 0.5) is 26.3 Å². The van der Waals surface area contributed by atoms with Gasteiger partial charge in [-0.05, 0) is 37.5 Å². The van der Waals surface area contributed by atoms with E-state index in [1.54, 1.807) is 6.92 Å². The summed E-state index contributed by atoms with van der Waals surface area (Å²) >= 11 is 0. The molecule has 0 nitrogen and oxygen atoms in total. The minimum Gasteiger partial charge on any atom is -0.170 e. The molecule has 0 N–H and O–H groups in total. The molecule has 0 spiro atoms. The van der Waals surface area contributed by atoms with Crippen molar-refractivity contribution in [2.75, 3.05) is 0 Å². The maximum absolute atomic E-state index is 12.8. The fraction of sp³-hybridized carbons (Fsp3) is 0.500. The molecular weight excluding hydrogens is 258 g/mol. The van der Waals surface area contributed by atoms with Gasteiger partial charge in [-0.1, -0.05) is 18.2 Å². The number of alkyl halides is 6. The van der Waals surface area contributed by atoms with Crippen molar-refractivity contribution in [1.82, 2.24) is 0 Å². The van der Waals surface area contributed by atoms with Crippen LogP contribution in [0.25, 0.3) is 0 Å². The molecule has 0 amide bonds. The highest BCUT2D eigenvalue weighted by molar-refractivity contribution is 5.36. The predicted octanol–water partition coefficient (Wildman–Crippen LogP) is 4.69. The Balaban J connectivity index is 3.51. The summed E-state index contributed by atoms with van der Waals surface area (Å²) in [6, 6.07) is 3.08. The summed E-state index contributed by atoms with van der Waals surface area (Å²) in [5.41, 5.74) is -3.60. The van der Waals surface area contributed by atoms with Crippen LogP contribution < -0.4 is 0 Å². The maximum atomic E-state index is 12.8. The lowest BCUT2D eigenvalue weighted by Crippen LogP contribution is -2.51. The van der Waals surface area contributed by atoms with Gasteiger partial charge in [0, 0.05) is 0 Å². The number of halogens is 6. The normalized spacial score (nSPS) is 13.8. The molecule has 1 rings (SSSR count). The maximum Gasteiger partial charge on any atom is 0.406 e. The summed E-state index contributed by atoms with van der Waals surface area (Å²) < 4.78 is 76.8. The van der Waals surface area contributed by atoms with Crippen LogP contribution in [0, 0.1) is 13.8 Å². The quantitative estimate of drug-likeness (QED) is 0.650. The minimum absolute atomic E-state index is 0.164. The first-order chi connectivity index (χ1) is 7.91. The van der Waals surface area contributed by atoms with Gasteiger partial charge in [0.15, 0.2) is 5.41 Å². The first-order valence-electron chi connectivity index (χ1n) is 5.12. The zero-order valence-corrected chi connectivity index (χ0v) is 10.00. The zero-order chi connectivity index (χ0) is 14.4. The molecule has 102 valence electrons. The Bertz CT molecular complexity index is 427. The first-order valence-corrected chi connectivity index (χ1v) is 5.12. The summed E-state index contributed by atoms with van der Waals surface area (Å²) in [6.07, 6.45) is -10.8. The van der Waals surface area contributed by atoms with Gasteiger partial charge in [0.25, 0.3) is 0 Å². The summed E-state index contributed by atoms with van der Waals surface area (Å²) in [5, 5.41) is 0. The van der Waals surface area contributed by atoms with Gasteiger partial charge in [-0.15, -0.1) is 0 Å². The highest BCUT2D eigenvalue weighted by atomic mass is 19.4. The van der Waals surface area contributed by atoms with E-state index in [-0.39, 0.29) is 6.92 Å². The average Bonchev–Trinajstić information content (AvgIpc) is 2.17. The number of aryl methyl sites for hydroxylation is 2. The second-order valence-electron chi connectivity index (χ2n) is 4.42. The van der Waals surface area contributed by atoms with Gasteiger partial charge in [0.05, 0.1) is 0 Å². The smallest absolute Gasteiger partial charge is 0.170 e. The summed E-state index contributed by atoms with van der Waals surface area (Å²) in [6.45, 7) is 3.26. The molecule has 1 aromatic rings. The van der Waals surface area contributed by atoms with E-state index >= 15 is 0 Å². The van der Waals surface area contributed by atoms with Crippen LogP contribution in [0.15, 0.2) is 18.2 Å². The van der Waals surface area contributed by atoms with Crippen LogP contribution in [0.1, 0.15) is 23.6 Å². The van der Waals surface area contributed by atoms with Gasteiger partial charge >= 0.3 is 12.4 Å². The van der Waals surface area contributed by atoms with Crippen LogP contribution in [0.5, 0.6) is 0 Å². The van der Waals surface area contributed by atoms with Gasteiger partial charge < -0.3 is 0 Å². The zero-order valence-electron chi connectivity index (χ0n) is 10.00. The van der Waals surface area contributed by atoms with E-state index in [9.17, 15) is 26.3 Å². The summed E-state index contributed by atoms with van der Waals surface area (Å²) in [5.74, 6) is 0. The van der Waals surface area contributed by atoms with Gasteiger partial charge in [0.1, 0.15) is 0 Å². The molecule has 0 saturated heterocycles. The predicted molar refractivity (Wildman–Crippen MR) is 55.4 cm³/mol. The molecule has 0 aliphatic carbocycles. The Morgan fingerprint density at radius 3 is 1.56 bits per heavy atom. The summed E-state index contributed by atoms with van der Waals surface area (Å²) in [4.78, 5) is 0. The van der Waals surface area contributed by atoms with Crippen molar-refractivity contribution in [3.8, 4) is 0 Å². The van der Waals surface area contributed by atoms with Crippen molar-refractivity contribution in [3.63, 3.8) is 0 Å². The fourth-order valence-corrected chi connectivity index (χ4v) is 1.54. The van der Waals surface area contributed by atoms with Crippen LogP contribution in [0.3, 0.4) is 0 Å². The Hall–Kier alpha value is -1.20. The molecule has 18 heavy (non-hydrogen) atoms. The third kappa shape index (κ3) is 2.20. The molecule has 0 bridgehead atoms. The van der Waals surface area contributed by atoms with Crippen molar-refractivity contribution >= 4 is 0 Å². The third-order valence-electron chi connectivity index (χ3n) is 3.22. The van der Waals surface area contributed by atoms with Crippen molar-refractivity contribution in [1.29, 1.82) is 0 Å². The Morgan fingerprint density at radius 1 is 0.778 bits per heavy atom. The molecule has 0 unspecified atom stereocenters. The molecule has 0 aromatic heterocycles. The fourth-order valence-electron chi connectivity index (χ4n) is 1.54. The lowest BCUT2D eigenvalue weighted by molar-refractivity contribution is -0.297. The van der Waals surface area contributed by atoms with Crippen molar-refractivity contribution in [3.05, 3.63) is 34.9 Å². The van der Waals surface area contributed by atoms with E-state index in [0.29, 0.717) is 11.1 Å². The summed E-state index contributed by atoms with van der Waals surface area (Å²) in [7, 11) is 0. The second kappa shape index (κ2) is 4.17. The van der Waals surface area contributed by atoms with Crippen molar-refractivity contribution in [2.45, 2.75) is 38.5 Å². The average molecular weight is 270 g/mol. The number of hydrogen-bond acceptors (Lipinski definition) is 0. The third-order valence-corrected chi connectivity index (χ3v) is 3.22. The van der Waals surface area contributed by atoms with Gasteiger partial charge in [-0.25, -0.2) is 0 Å². The molecule has 1 aromatic carbocycles. The molecule has 0 radical (unpaired) electrons. The molecule has 0 heterocycles. The van der Waals surface area contributed by atoms with Crippen LogP contribution in [-0.4, -0.2) is 12.4 Å². The number of hydrogen-bond donors (Lipinski definition) is 0. The van der Waals surface area contributed by atoms with Crippen LogP contribution in [-0.2, 0) is 5.41 Å². The van der Waals surface area contributed by atoms with Crippen molar-refractivity contribution in [2.24, 2.45) is 0 Å². The molecule has 0 fully saturated rings. The van der Waals surface area contributed by atoms with E-state index in [4.69, 9.17) is 0 Å². The van der Waals surface area contributed by atoms with E-state index in [2.05, 4.69) is 0 Å². The Labute approximate surface area is 101 Å². The molecule has 0 atom stereocenters. The number of rotatable bonds is 1. The molecular formula is C12H12F6. The second-order valence-corrected chi connectivity index (χ2v) is 4.42. The van der Waals surface area contributed by atoms with E-state index in [1.165, 1.54) is 13.0 Å². The van der Waals surface area contributed by atoms with E-state index < -0.39 is 23.3 Å².